The molecule has 9 heteroatoms. The number of rotatable bonds is 9. The molecule has 0 aliphatic heterocycles. The molecule has 0 saturated carbocycles. The zero-order valence-electron chi connectivity index (χ0n) is 17.1. The number of benzene rings is 2. The van der Waals surface area contributed by atoms with Crippen LogP contribution in [0.25, 0.3) is 0 Å². The molecular weight excluding hydrogens is 406 g/mol. The van der Waals surface area contributed by atoms with Crippen LogP contribution in [-0.2, 0) is 10.0 Å². The number of sulfonamides is 1. The molecule has 30 heavy (non-hydrogen) atoms. The zero-order chi connectivity index (χ0) is 22.1. The van der Waals surface area contributed by atoms with E-state index in [1.165, 1.54) is 24.6 Å². The summed E-state index contributed by atoms with van der Waals surface area (Å²) in [5, 5.41) is 5.10. The molecule has 0 atom stereocenters. The third kappa shape index (κ3) is 6.85. The van der Waals surface area contributed by atoms with Crippen molar-refractivity contribution in [1.82, 2.24) is 10.9 Å². The first-order valence-corrected chi connectivity index (χ1v) is 11.2. The van der Waals surface area contributed by atoms with Crippen molar-refractivity contribution < 1.29 is 22.7 Å². The van der Waals surface area contributed by atoms with Crippen molar-refractivity contribution in [3.05, 3.63) is 59.2 Å². The summed E-state index contributed by atoms with van der Waals surface area (Å²) < 4.78 is 28.6. The van der Waals surface area contributed by atoms with E-state index in [4.69, 9.17) is 9.88 Å². The van der Waals surface area contributed by atoms with Crippen LogP contribution in [0.15, 0.2) is 47.4 Å². The summed E-state index contributed by atoms with van der Waals surface area (Å²) in [6.07, 6.45) is 4.45. The molecule has 0 fully saturated rings. The third-order valence-corrected chi connectivity index (χ3v) is 5.37. The van der Waals surface area contributed by atoms with Gasteiger partial charge >= 0.3 is 0 Å². The van der Waals surface area contributed by atoms with Gasteiger partial charge in [0.05, 0.1) is 11.5 Å². The van der Waals surface area contributed by atoms with Gasteiger partial charge in [-0.15, -0.1) is 0 Å². The number of primary sulfonamides is 1. The Morgan fingerprint density at radius 3 is 2.27 bits per heavy atom. The fourth-order valence-electron chi connectivity index (χ4n) is 2.70. The van der Waals surface area contributed by atoms with Gasteiger partial charge in [-0.1, -0.05) is 32.3 Å². The van der Waals surface area contributed by atoms with Crippen LogP contribution in [0.1, 0.15) is 58.9 Å². The van der Waals surface area contributed by atoms with E-state index in [2.05, 4.69) is 17.8 Å². The molecule has 2 aromatic carbocycles. The predicted molar refractivity (Wildman–Crippen MR) is 114 cm³/mol. The molecule has 162 valence electrons. The summed E-state index contributed by atoms with van der Waals surface area (Å²) in [5.41, 5.74) is 5.55. The SMILES string of the molecule is CCCCCCOc1ccc(C(=O)NNC(=O)c2cc(S(N)(=O)=O)ccc2C)cc1. The Bertz CT molecular complexity index is 988. The molecule has 0 aliphatic carbocycles. The number of carbonyl (C=O) groups excluding carboxylic acids is 2. The lowest BCUT2D eigenvalue weighted by molar-refractivity contribution is 0.0846. The van der Waals surface area contributed by atoms with Crippen molar-refractivity contribution >= 4 is 21.8 Å². The third-order valence-electron chi connectivity index (χ3n) is 4.45. The van der Waals surface area contributed by atoms with Crippen LogP contribution in [0.2, 0.25) is 0 Å². The monoisotopic (exact) mass is 433 g/mol. The highest BCUT2D eigenvalue weighted by molar-refractivity contribution is 7.89. The first-order valence-electron chi connectivity index (χ1n) is 9.69. The minimum absolute atomic E-state index is 0.0913. The maximum Gasteiger partial charge on any atom is 0.270 e. The molecule has 2 rings (SSSR count). The first-order chi connectivity index (χ1) is 14.2. The van der Waals surface area contributed by atoms with E-state index >= 15 is 0 Å². The quantitative estimate of drug-likeness (QED) is 0.414. The molecule has 0 bridgehead atoms. The van der Waals surface area contributed by atoms with Gasteiger partial charge in [0.25, 0.3) is 11.8 Å². The molecule has 0 radical (unpaired) electrons. The summed E-state index contributed by atoms with van der Waals surface area (Å²) in [4.78, 5) is 24.4. The minimum atomic E-state index is -3.94. The van der Waals surface area contributed by atoms with Crippen molar-refractivity contribution in [1.29, 1.82) is 0 Å². The number of nitrogens with two attached hydrogens (primary N) is 1. The molecule has 0 saturated heterocycles. The number of carbonyl (C=O) groups is 2. The normalized spacial score (nSPS) is 11.0. The molecule has 4 N–H and O–H groups in total. The fourth-order valence-corrected chi connectivity index (χ4v) is 3.24. The maximum atomic E-state index is 12.3. The topological polar surface area (TPSA) is 128 Å². The van der Waals surface area contributed by atoms with Crippen molar-refractivity contribution in [2.75, 3.05) is 6.61 Å². The average molecular weight is 434 g/mol. The van der Waals surface area contributed by atoms with Crippen LogP contribution in [0, 0.1) is 6.92 Å². The van der Waals surface area contributed by atoms with E-state index in [1.54, 1.807) is 31.2 Å². The molecule has 0 heterocycles. The minimum Gasteiger partial charge on any atom is -0.494 e. The van der Waals surface area contributed by atoms with Gasteiger partial charge in [0.15, 0.2) is 0 Å². The van der Waals surface area contributed by atoms with E-state index in [0.29, 0.717) is 23.5 Å². The number of amides is 2. The summed E-state index contributed by atoms with van der Waals surface area (Å²) in [7, 11) is -3.94. The largest absolute Gasteiger partial charge is 0.494 e. The van der Waals surface area contributed by atoms with Gasteiger partial charge in [-0.3, -0.25) is 20.4 Å². The Balaban J connectivity index is 1.92. The van der Waals surface area contributed by atoms with Gasteiger partial charge in [-0.05, 0) is 55.3 Å². The lowest BCUT2D eigenvalue weighted by Gasteiger charge is -2.11. The number of hydrazine groups is 1. The Morgan fingerprint density at radius 2 is 1.63 bits per heavy atom. The van der Waals surface area contributed by atoms with Gasteiger partial charge < -0.3 is 4.74 Å². The number of nitrogens with one attached hydrogen (secondary N) is 2. The van der Waals surface area contributed by atoms with Gasteiger partial charge in [0.2, 0.25) is 10.0 Å². The number of unbranched alkanes of at least 4 members (excludes halogenated alkanes) is 3. The molecule has 0 spiro atoms. The molecule has 0 aliphatic rings. The summed E-state index contributed by atoms with van der Waals surface area (Å²) in [5.74, 6) is -0.501. The predicted octanol–water partition coefficient (Wildman–Crippen LogP) is 2.68. The van der Waals surface area contributed by atoms with Crippen LogP contribution < -0.4 is 20.7 Å². The van der Waals surface area contributed by atoms with E-state index in [0.717, 1.165) is 19.3 Å². The van der Waals surface area contributed by atoms with Crippen LogP contribution >= 0.6 is 0 Å². The van der Waals surface area contributed by atoms with Gasteiger partial charge in [-0.2, -0.15) is 0 Å². The van der Waals surface area contributed by atoms with E-state index in [9.17, 15) is 18.0 Å². The number of hydrogen-bond acceptors (Lipinski definition) is 5. The van der Waals surface area contributed by atoms with Gasteiger partial charge in [-0.25, -0.2) is 13.6 Å². The summed E-state index contributed by atoms with van der Waals surface area (Å²) in [6.45, 7) is 4.42. The lowest BCUT2D eigenvalue weighted by Crippen LogP contribution is -2.41. The van der Waals surface area contributed by atoms with Crippen LogP contribution in [0.4, 0.5) is 0 Å². The molecule has 0 unspecified atom stereocenters. The van der Waals surface area contributed by atoms with Crippen molar-refractivity contribution in [3.63, 3.8) is 0 Å². The Labute approximate surface area is 176 Å². The second-order valence-electron chi connectivity index (χ2n) is 6.86. The molecule has 0 aromatic heterocycles. The Kier molecular flexibility index (Phi) is 8.37. The fraction of sp³-hybridized carbons (Fsp3) is 0.333. The van der Waals surface area contributed by atoms with Crippen molar-refractivity contribution in [2.24, 2.45) is 5.14 Å². The van der Waals surface area contributed by atoms with Gasteiger partial charge in [0, 0.05) is 11.1 Å². The second-order valence-corrected chi connectivity index (χ2v) is 8.42. The van der Waals surface area contributed by atoms with E-state index < -0.39 is 21.8 Å². The second kappa shape index (κ2) is 10.7. The lowest BCUT2D eigenvalue weighted by atomic mass is 10.1. The smallest absolute Gasteiger partial charge is 0.270 e. The number of hydrogen-bond donors (Lipinski definition) is 3. The van der Waals surface area contributed by atoms with E-state index in [-0.39, 0.29) is 10.5 Å². The summed E-state index contributed by atoms with van der Waals surface area (Å²) >= 11 is 0. The van der Waals surface area contributed by atoms with Crippen LogP contribution in [0.5, 0.6) is 5.75 Å². The van der Waals surface area contributed by atoms with E-state index in [1.807, 2.05) is 0 Å². The highest BCUT2D eigenvalue weighted by atomic mass is 32.2. The number of ether oxygens (including phenoxy) is 1. The Morgan fingerprint density at radius 1 is 0.967 bits per heavy atom. The zero-order valence-corrected chi connectivity index (χ0v) is 17.9. The average Bonchev–Trinajstić information content (AvgIpc) is 2.71. The van der Waals surface area contributed by atoms with Crippen LogP contribution in [-0.4, -0.2) is 26.8 Å². The molecule has 2 amide bonds. The van der Waals surface area contributed by atoms with Crippen molar-refractivity contribution in [3.8, 4) is 5.75 Å². The highest BCUT2D eigenvalue weighted by Gasteiger charge is 2.15. The molecular formula is C21H27N3O5S. The molecule has 2 aromatic rings. The first kappa shape index (κ1) is 23.4. The van der Waals surface area contributed by atoms with Crippen molar-refractivity contribution in [2.45, 2.75) is 44.4 Å². The molecule has 8 nitrogen and oxygen atoms in total. The summed E-state index contributed by atoms with van der Waals surface area (Å²) in [6, 6.07) is 10.5. The Hall–Kier alpha value is -2.91. The maximum absolute atomic E-state index is 12.3. The standard InChI is InChI=1S/C21H27N3O5S/c1-3-4-5-6-13-29-17-10-8-16(9-11-17)20(25)23-24-21(26)19-14-18(30(22,27)28)12-7-15(19)2/h7-12,14H,3-6,13H2,1-2H3,(H,23,25)(H,24,26)(H2,22,27,28). The highest BCUT2D eigenvalue weighted by Crippen LogP contribution is 2.15. The number of aryl methyl sites for hydroxylation is 1. The van der Waals surface area contributed by atoms with Crippen LogP contribution in [0.3, 0.4) is 0 Å². The van der Waals surface area contributed by atoms with Gasteiger partial charge in [0.1, 0.15) is 5.75 Å².